The molecule has 8 heteroatoms. The summed E-state index contributed by atoms with van der Waals surface area (Å²) in [6, 6.07) is 15.0. The van der Waals surface area contributed by atoms with Gasteiger partial charge in [0.05, 0.1) is 11.8 Å². The summed E-state index contributed by atoms with van der Waals surface area (Å²) in [6.07, 6.45) is 2.44. The third kappa shape index (κ3) is 4.84. The molecular weight excluding hydrogens is 467 g/mol. The van der Waals surface area contributed by atoms with Crippen molar-refractivity contribution in [2.75, 3.05) is 18.8 Å². The highest BCUT2D eigenvalue weighted by Gasteiger charge is 2.42. The van der Waals surface area contributed by atoms with E-state index in [1.54, 1.807) is 4.31 Å². The highest BCUT2D eigenvalue weighted by Crippen LogP contribution is 2.45. The first-order valence-corrected chi connectivity index (χ1v) is 13.5. The molecule has 0 unspecified atom stereocenters. The second-order valence-corrected chi connectivity index (χ2v) is 11.5. The Morgan fingerprint density at radius 2 is 1.81 bits per heavy atom. The predicted octanol–water partition coefficient (Wildman–Crippen LogP) is 5.25. The molecule has 2 aromatic carbocycles. The maximum absolute atomic E-state index is 13.3. The summed E-state index contributed by atoms with van der Waals surface area (Å²) in [4.78, 5) is 15.3. The van der Waals surface area contributed by atoms with E-state index in [2.05, 4.69) is 6.07 Å². The van der Waals surface area contributed by atoms with Crippen molar-refractivity contribution in [2.45, 2.75) is 50.6 Å². The predicted molar refractivity (Wildman–Crippen MR) is 129 cm³/mol. The summed E-state index contributed by atoms with van der Waals surface area (Å²) in [6.45, 7) is 2.86. The van der Waals surface area contributed by atoms with Crippen molar-refractivity contribution in [2.24, 2.45) is 0 Å². The summed E-state index contributed by atoms with van der Waals surface area (Å²) in [5, 5.41) is 1.30. The second-order valence-electron chi connectivity index (χ2n) is 8.59. The van der Waals surface area contributed by atoms with Crippen molar-refractivity contribution in [1.82, 2.24) is 9.21 Å². The van der Waals surface area contributed by atoms with Crippen LogP contribution in [0, 0.1) is 0 Å². The van der Waals surface area contributed by atoms with Crippen molar-refractivity contribution >= 4 is 39.1 Å². The van der Waals surface area contributed by atoms with Crippen molar-refractivity contribution < 1.29 is 13.2 Å². The van der Waals surface area contributed by atoms with Crippen LogP contribution in [-0.2, 0) is 14.8 Å². The van der Waals surface area contributed by atoms with Crippen LogP contribution in [0.4, 0.5) is 0 Å². The number of carbonyl (C=O) groups is 1. The quantitative estimate of drug-likeness (QED) is 0.550. The van der Waals surface area contributed by atoms with Crippen LogP contribution >= 0.6 is 23.2 Å². The van der Waals surface area contributed by atoms with Crippen LogP contribution in [0.15, 0.2) is 48.5 Å². The molecule has 0 saturated carbocycles. The van der Waals surface area contributed by atoms with Crippen LogP contribution in [0.25, 0.3) is 0 Å². The fourth-order valence-corrected chi connectivity index (χ4v) is 6.91. The third-order valence-corrected chi connectivity index (χ3v) is 9.02. The van der Waals surface area contributed by atoms with E-state index >= 15 is 0 Å². The lowest BCUT2D eigenvalue weighted by atomic mass is 9.79. The molecule has 2 fully saturated rings. The van der Waals surface area contributed by atoms with Gasteiger partial charge in [-0.3, -0.25) is 4.79 Å². The number of amides is 1. The molecule has 5 nitrogen and oxygen atoms in total. The molecule has 2 aromatic rings. The molecule has 0 radical (unpaired) electrons. The molecule has 2 saturated heterocycles. The van der Waals surface area contributed by atoms with E-state index in [1.165, 1.54) is 0 Å². The monoisotopic (exact) mass is 494 g/mol. The molecule has 2 heterocycles. The Bertz CT molecular complexity index is 1070. The summed E-state index contributed by atoms with van der Waals surface area (Å²) in [5.41, 5.74) is 2.08. The molecule has 172 valence electrons. The number of halogens is 2. The molecule has 0 bridgehead atoms. The molecule has 32 heavy (non-hydrogen) atoms. The van der Waals surface area contributed by atoms with Gasteiger partial charge in [0, 0.05) is 41.5 Å². The minimum Gasteiger partial charge on any atom is -0.331 e. The molecular formula is C24H28Cl2N2O3S. The molecule has 2 aliphatic heterocycles. The van der Waals surface area contributed by atoms with Crippen molar-refractivity contribution in [1.29, 1.82) is 0 Å². The average molecular weight is 495 g/mol. The number of sulfonamides is 1. The third-order valence-electron chi connectivity index (χ3n) is 6.61. The molecule has 0 N–H and O–H groups in total. The fourth-order valence-electron chi connectivity index (χ4n) is 5.03. The molecule has 0 spiro atoms. The largest absolute Gasteiger partial charge is 0.331 e. The number of rotatable bonds is 6. The fraction of sp³-hybridized carbons (Fsp3) is 0.458. The Labute approximate surface area is 200 Å². The molecule has 4 rings (SSSR count). The van der Waals surface area contributed by atoms with Gasteiger partial charge in [0.25, 0.3) is 0 Å². The van der Waals surface area contributed by atoms with Crippen LogP contribution in [0.1, 0.15) is 55.7 Å². The lowest BCUT2D eigenvalue weighted by Crippen LogP contribution is -2.52. The Morgan fingerprint density at radius 1 is 1.06 bits per heavy atom. The average Bonchev–Trinajstić information content (AvgIpc) is 3.10. The Kier molecular flexibility index (Phi) is 7.15. The normalized spacial score (nSPS) is 24.6. The van der Waals surface area contributed by atoms with E-state index in [-0.39, 0.29) is 29.7 Å². The van der Waals surface area contributed by atoms with E-state index in [9.17, 15) is 13.2 Å². The Balaban J connectivity index is 1.76. The number of hydrogen-bond acceptors (Lipinski definition) is 3. The maximum atomic E-state index is 13.3. The van der Waals surface area contributed by atoms with Gasteiger partial charge < -0.3 is 4.90 Å². The zero-order valence-corrected chi connectivity index (χ0v) is 20.4. The summed E-state index contributed by atoms with van der Waals surface area (Å²) < 4.78 is 26.5. The zero-order chi connectivity index (χ0) is 22.9. The van der Waals surface area contributed by atoms with E-state index in [0.717, 1.165) is 11.1 Å². The summed E-state index contributed by atoms with van der Waals surface area (Å²) in [7, 11) is -3.25. The van der Waals surface area contributed by atoms with Gasteiger partial charge in [-0.05, 0) is 54.7 Å². The van der Waals surface area contributed by atoms with Gasteiger partial charge in [0.1, 0.15) is 0 Å². The minimum absolute atomic E-state index is 0.0526. The molecule has 3 atom stereocenters. The van der Waals surface area contributed by atoms with Crippen molar-refractivity contribution in [3.05, 3.63) is 69.7 Å². The number of nitrogens with zero attached hydrogens (tertiary/aromatic N) is 2. The van der Waals surface area contributed by atoms with Gasteiger partial charge >= 0.3 is 0 Å². The lowest BCUT2D eigenvalue weighted by molar-refractivity contribution is -0.141. The van der Waals surface area contributed by atoms with Gasteiger partial charge in [0.15, 0.2) is 0 Å². The smallest absolute Gasteiger partial charge is 0.223 e. The standard InChI is InChI=1S/C24H28Cl2N2O3S/c1-2-21(16-27-13-4-14-32(27,30)31)28-23(29)12-11-22(18-5-3-6-20(26)15-18)24(28)17-7-9-19(25)10-8-17/h3,5-10,15,21-22,24H,2,4,11-14,16H2,1H3/t21-,22+,24+/m0/s1. The highest BCUT2D eigenvalue weighted by atomic mass is 35.5. The lowest BCUT2D eigenvalue weighted by Gasteiger charge is -2.46. The van der Waals surface area contributed by atoms with Crippen molar-refractivity contribution in [3.63, 3.8) is 0 Å². The van der Waals surface area contributed by atoms with Gasteiger partial charge in [-0.15, -0.1) is 0 Å². The van der Waals surface area contributed by atoms with E-state index < -0.39 is 10.0 Å². The molecule has 2 aliphatic rings. The topological polar surface area (TPSA) is 57.7 Å². The minimum atomic E-state index is -3.25. The Morgan fingerprint density at radius 3 is 2.44 bits per heavy atom. The molecule has 1 amide bonds. The van der Waals surface area contributed by atoms with Gasteiger partial charge in [-0.25, -0.2) is 8.42 Å². The Hall–Kier alpha value is -1.60. The number of hydrogen-bond donors (Lipinski definition) is 0. The van der Waals surface area contributed by atoms with Crippen LogP contribution in [0.5, 0.6) is 0 Å². The number of carbonyl (C=O) groups excluding carboxylic acids is 1. The molecule has 0 aromatic heterocycles. The SMILES string of the molecule is CC[C@@H](CN1CCCS1(=O)=O)N1C(=O)CC[C@H](c2cccc(Cl)c2)[C@H]1c1ccc(Cl)cc1. The summed E-state index contributed by atoms with van der Waals surface area (Å²) in [5.74, 6) is 0.298. The van der Waals surface area contributed by atoms with Crippen LogP contribution < -0.4 is 0 Å². The first-order chi connectivity index (χ1) is 15.3. The van der Waals surface area contributed by atoms with E-state index in [1.807, 2.05) is 54.3 Å². The van der Waals surface area contributed by atoms with Gasteiger partial charge in [0.2, 0.25) is 15.9 Å². The van der Waals surface area contributed by atoms with Crippen LogP contribution in [-0.4, -0.2) is 48.4 Å². The number of piperidine rings is 1. The molecule has 0 aliphatic carbocycles. The van der Waals surface area contributed by atoms with E-state index in [0.29, 0.717) is 48.8 Å². The second kappa shape index (κ2) is 9.72. The van der Waals surface area contributed by atoms with Crippen LogP contribution in [0.2, 0.25) is 10.0 Å². The van der Waals surface area contributed by atoms with Crippen LogP contribution in [0.3, 0.4) is 0 Å². The number of benzene rings is 2. The maximum Gasteiger partial charge on any atom is 0.223 e. The zero-order valence-electron chi connectivity index (χ0n) is 18.1. The van der Waals surface area contributed by atoms with Gasteiger partial charge in [-0.1, -0.05) is 54.4 Å². The first-order valence-electron chi connectivity index (χ1n) is 11.1. The first kappa shape index (κ1) is 23.6. The van der Waals surface area contributed by atoms with E-state index in [4.69, 9.17) is 23.2 Å². The summed E-state index contributed by atoms with van der Waals surface area (Å²) >= 11 is 12.5. The van der Waals surface area contributed by atoms with Crippen molar-refractivity contribution in [3.8, 4) is 0 Å². The van der Waals surface area contributed by atoms with Gasteiger partial charge in [-0.2, -0.15) is 4.31 Å². The number of likely N-dealkylation sites (tertiary alicyclic amines) is 1. The highest BCUT2D eigenvalue weighted by molar-refractivity contribution is 7.89.